The maximum atomic E-state index is 12.6. The molecule has 1 aromatic rings. The molecule has 6 nitrogen and oxygen atoms in total. The Morgan fingerprint density at radius 1 is 1.19 bits per heavy atom. The molecule has 0 aliphatic carbocycles. The molecule has 26 heavy (non-hydrogen) atoms. The zero-order chi connectivity index (χ0) is 19.3. The number of carbonyl (C=O) groups is 1. The number of hydrogen-bond donors (Lipinski definition) is 2. The van der Waals surface area contributed by atoms with Gasteiger partial charge in [0.15, 0.2) is 5.11 Å². The Kier molecular flexibility index (Phi) is 6.85. The van der Waals surface area contributed by atoms with Gasteiger partial charge in [0, 0.05) is 17.3 Å². The third-order valence-corrected chi connectivity index (χ3v) is 4.45. The Balaban J connectivity index is 2.61. The summed E-state index contributed by atoms with van der Waals surface area (Å²) >= 11 is 5.30. The summed E-state index contributed by atoms with van der Waals surface area (Å²) in [5.74, 6) is 1.01. The highest BCUT2D eigenvalue weighted by molar-refractivity contribution is 7.80. The molecule has 2 N–H and O–H groups in total. The van der Waals surface area contributed by atoms with Gasteiger partial charge in [-0.25, -0.2) is 4.79 Å². The lowest BCUT2D eigenvalue weighted by Crippen LogP contribution is -2.45. The number of carbonyl (C=O) groups excluding carboxylic acids is 1. The van der Waals surface area contributed by atoms with Crippen LogP contribution >= 0.6 is 12.2 Å². The van der Waals surface area contributed by atoms with Gasteiger partial charge >= 0.3 is 5.97 Å². The Hall–Kier alpha value is -2.28. The van der Waals surface area contributed by atoms with Crippen molar-refractivity contribution >= 4 is 23.3 Å². The van der Waals surface area contributed by atoms with Crippen LogP contribution in [0.5, 0.6) is 11.5 Å². The average molecular weight is 378 g/mol. The van der Waals surface area contributed by atoms with Gasteiger partial charge in [-0.2, -0.15) is 0 Å². The number of ether oxygens (including phenoxy) is 3. The minimum absolute atomic E-state index is 0.299. The predicted molar refractivity (Wildman–Crippen MR) is 104 cm³/mol. The van der Waals surface area contributed by atoms with Crippen LogP contribution in [0.3, 0.4) is 0 Å². The van der Waals surface area contributed by atoms with Crippen molar-refractivity contribution < 1.29 is 19.0 Å². The van der Waals surface area contributed by atoms with Crippen molar-refractivity contribution in [3.8, 4) is 11.5 Å². The molecule has 2 rings (SSSR count). The van der Waals surface area contributed by atoms with Gasteiger partial charge in [-0.15, -0.1) is 0 Å². The maximum absolute atomic E-state index is 12.6. The monoisotopic (exact) mass is 378 g/mol. The number of allylic oxidation sites excluding steroid dienone is 1. The fourth-order valence-electron chi connectivity index (χ4n) is 3.09. The topological polar surface area (TPSA) is 68.8 Å². The van der Waals surface area contributed by atoms with Crippen molar-refractivity contribution in [2.75, 3.05) is 20.8 Å². The van der Waals surface area contributed by atoms with Crippen molar-refractivity contribution in [3.63, 3.8) is 0 Å². The van der Waals surface area contributed by atoms with Gasteiger partial charge in [-0.3, -0.25) is 0 Å². The third-order valence-electron chi connectivity index (χ3n) is 4.23. The summed E-state index contributed by atoms with van der Waals surface area (Å²) < 4.78 is 16.3. The molecule has 0 saturated carbocycles. The highest BCUT2D eigenvalue weighted by Crippen LogP contribution is 2.38. The van der Waals surface area contributed by atoms with Crippen molar-refractivity contribution in [1.82, 2.24) is 10.6 Å². The number of thiocarbonyl (C=S) groups is 1. The maximum Gasteiger partial charge on any atom is 0.338 e. The molecule has 0 bridgehead atoms. The zero-order valence-electron chi connectivity index (χ0n) is 15.9. The van der Waals surface area contributed by atoms with Crippen molar-refractivity contribution in [1.29, 1.82) is 0 Å². The Morgan fingerprint density at radius 3 is 2.46 bits per heavy atom. The number of esters is 1. The van der Waals surface area contributed by atoms with E-state index in [-0.39, 0.29) is 5.97 Å². The lowest BCUT2D eigenvalue weighted by molar-refractivity contribution is -0.139. The van der Waals surface area contributed by atoms with Gasteiger partial charge in [-0.05, 0) is 44.1 Å². The van der Waals surface area contributed by atoms with Crippen LogP contribution in [0.15, 0.2) is 23.4 Å². The van der Waals surface area contributed by atoms with Gasteiger partial charge in [0.05, 0.1) is 32.4 Å². The van der Waals surface area contributed by atoms with E-state index in [0.29, 0.717) is 28.7 Å². The fraction of sp³-hybridized carbons (Fsp3) is 0.474. The van der Waals surface area contributed by atoms with E-state index in [0.717, 1.165) is 29.7 Å². The highest BCUT2D eigenvalue weighted by atomic mass is 32.1. The lowest BCUT2D eigenvalue weighted by atomic mass is 9.92. The van der Waals surface area contributed by atoms with Crippen LogP contribution in [0.4, 0.5) is 0 Å². The van der Waals surface area contributed by atoms with Crippen molar-refractivity contribution in [2.24, 2.45) is 0 Å². The summed E-state index contributed by atoms with van der Waals surface area (Å²) in [6, 6.07) is 3.41. The number of hydrogen-bond acceptors (Lipinski definition) is 5. The second-order valence-electron chi connectivity index (χ2n) is 5.95. The van der Waals surface area contributed by atoms with Crippen LogP contribution in [0.25, 0.3) is 0 Å². The van der Waals surface area contributed by atoms with Crippen molar-refractivity contribution in [2.45, 2.75) is 39.7 Å². The van der Waals surface area contributed by atoms with E-state index >= 15 is 0 Å². The molecule has 1 unspecified atom stereocenters. The van der Waals surface area contributed by atoms with E-state index in [2.05, 4.69) is 17.6 Å². The summed E-state index contributed by atoms with van der Waals surface area (Å²) in [5.41, 5.74) is 3.04. The molecule has 0 saturated heterocycles. The molecule has 0 fully saturated rings. The first-order chi connectivity index (χ1) is 12.5. The molecule has 1 aliphatic rings. The number of rotatable bonds is 7. The Labute approximate surface area is 159 Å². The normalized spacial score (nSPS) is 16.7. The predicted octanol–water partition coefficient (Wildman–Crippen LogP) is 3.01. The summed E-state index contributed by atoms with van der Waals surface area (Å²) in [6.45, 7) is 6.00. The van der Waals surface area contributed by atoms with E-state index in [4.69, 9.17) is 26.4 Å². The number of benzene rings is 1. The smallest absolute Gasteiger partial charge is 0.338 e. The van der Waals surface area contributed by atoms with Crippen LogP contribution < -0.4 is 20.1 Å². The van der Waals surface area contributed by atoms with Gasteiger partial charge in [0.25, 0.3) is 0 Å². The fourth-order valence-corrected chi connectivity index (χ4v) is 3.36. The quantitative estimate of drug-likeness (QED) is 0.558. The minimum atomic E-state index is -0.459. The molecule has 0 radical (unpaired) electrons. The van der Waals surface area contributed by atoms with E-state index in [1.54, 1.807) is 21.1 Å². The first-order valence-corrected chi connectivity index (χ1v) is 9.07. The van der Waals surface area contributed by atoms with E-state index in [1.807, 2.05) is 19.1 Å². The Bertz CT molecular complexity index is 730. The Morgan fingerprint density at radius 2 is 1.88 bits per heavy atom. The van der Waals surface area contributed by atoms with E-state index in [1.165, 1.54) is 0 Å². The second-order valence-corrected chi connectivity index (χ2v) is 6.35. The van der Waals surface area contributed by atoms with Gasteiger partial charge < -0.3 is 24.8 Å². The molecular formula is C19H26N2O4S. The molecule has 7 heteroatoms. The average Bonchev–Trinajstić information content (AvgIpc) is 2.61. The van der Waals surface area contributed by atoms with Crippen LogP contribution in [-0.4, -0.2) is 31.9 Å². The summed E-state index contributed by atoms with van der Waals surface area (Å²) in [6.07, 6.45) is 1.83. The summed E-state index contributed by atoms with van der Waals surface area (Å²) in [4.78, 5) is 12.6. The highest BCUT2D eigenvalue weighted by Gasteiger charge is 2.33. The van der Waals surface area contributed by atoms with Crippen LogP contribution in [0.1, 0.15) is 44.4 Å². The lowest BCUT2D eigenvalue weighted by Gasteiger charge is -2.31. The molecule has 1 atom stereocenters. The SMILES string of the molecule is CCCc1cc(C2NC(=S)NC(C)=C2C(=O)OCC)c(OC)cc1OC. The van der Waals surface area contributed by atoms with Gasteiger partial charge in [0.2, 0.25) is 0 Å². The molecular weight excluding hydrogens is 352 g/mol. The van der Waals surface area contributed by atoms with E-state index < -0.39 is 6.04 Å². The molecule has 0 aromatic heterocycles. The molecule has 0 amide bonds. The standard InChI is InChI=1S/C19H26N2O4S/c1-6-8-12-9-13(15(24-5)10-14(12)23-4)17-16(18(22)25-7-2)11(3)20-19(26)21-17/h9-10,17H,6-8H2,1-5H3,(H2,20,21,26). The van der Waals surface area contributed by atoms with Crippen LogP contribution in [-0.2, 0) is 16.0 Å². The van der Waals surface area contributed by atoms with Crippen LogP contribution in [0.2, 0.25) is 0 Å². The zero-order valence-corrected chi connectivity index (χ0v) is 16.7. The van der Waals surface area contributed by atoms with Crippen molar-refractivity contribution in [3.05, 3.63) is 34.5 Å². The first-order valence-electron chi connectivity index (χ1n) is 8.66. The number of nitrogens with one attached hydrogen (secondary N) is 2. The molecule has 1 aromatic carbocycles. The van der Waals surface area contributed by atoms with Gasteiger partial charge in [0.1, 0.15) is 11.5 Å². The van der Waals surface area contributed by atoms with E-state index in [9.17, 15) is 4.79 Å². The van der Waals surface area contributed by atoms with Crippen LogP contribution in [0, 0.1) is 0 Å². The molecule has 1 heterocycles. The second kappa shape index (κ2) is 8.89. The molecule has 0 spiro atoms. The summed E-state index contributed by atoms with van der Waals surface area (Å²) in [7, 11) is 3.23. The first kappa shape index (κ1) is 20.0. The molecule has 1 aliphatic heterocycles. The van der Waals surface area contributed by atoms with Gasteiger partial charge in [-0.1, -0.05) is 13.3 Å². The number of methoxy groups -OCH3 is 2. The molecule has 142 valence electrons. The largest absolute Gasteiger partial charge is 0.496 e. The third kappa shape index (κ3) is 4.09. The number of aryl methyl sites for hydroxylation is 1. The minimum Gasteiger partial charge on any atom is -0.496 e. The summed E-state index contributed by atoms with van der Waals surface area (Å²) in [5, 5.41) is 6.63.